The number of likely N-dealkylation sites (N-methyl/N-ethyl adjacent to an activating group) is 1. The molecule has 0 spiro atoms. The SMILES string of the molecule is CC(C)COc1ccc(Cl)cc1Cc1ccc(-c2nc3ccc(N4CCN(C)CC4)cc3[nH]2)o1.Cl. The molecular weight excluding hydrogens is 483 g/mol. The van der Waals surface area contributed by atoms with E-state index < -0.39 is 0 Å². The number of imidazole rings is 1. The monoisotopic (exact) mass is 514 g/mol. The van der Waals surface area contributed by atoms with Gasteiger partial charge in [-0.2, -0.15) is 0 Å². The second-order valence-corrected chi connectivity index (χ2v) is 9.91. The highest BCUT2D eigenvalue weighted by molar-refractivity contribution is 6.30. The van der Waals surface area contributed by atoms with Gasteiger partial charge in [0.05, 0.1) is 17.6 Å². The Kier molecular flexibility index (Phi) is 7.95. The van der Waals surface area contributed by atoms with Gasteiger partial charge in [0.25, 0.3) is 0 Å². The third kappa shape index (κ3) is 5.95. The summed E-state index contributed by atoms with van der Waals surface area (Å²) < 4.78 is 12.2. The van der Waals surface area contributed by atoms with Crippen molar-refractivity contribution in [1.29, 1.82) is 0 Å². The molecule has 35 heavy (non-hydrogen) atoms. The summed E-state index contributed by atoms with van der Waals surface area (Å²) >= 11 is 6.26. The van der Waals surface area contributed by atoms with Crippen molar-refractivity contribution in [3.8, 4) is 17.3 Å². The molecule has 0 aliphatic carbocycles. The predicted octanol–water partition coefficient (Wildman–Crippen LogP) is 6.28. The first-order chi connectivity index (χ1) is 16.4. The summed E-state index contributed by atoms with van der Waals surface area (Å²) in [6.07, 6.45) is 0.599. The van der Waals surface area contributed by atoms with E-state index in [9.17, 15) is 0 Å². The Balaban J connectivity index is 0.00000289. The minimum atomic E-state index is 0. The maximum absolute atomic E-state index is 6.26. The lowest BCUT2D eigenvalue weighted by Gasteiger charge is -2.34. The molecule has 3 heterocycles. The predicted molar refractivity (Wildman–Crippen MR) is 145 cm³/mol. The van der Waals surface area contributed by atoms with Gasteiger partial charge in [-0.25, -0.2) is 4.98 Å². The molecule has 5 rings (SSSR count). The summed E-state index contributed by atoms with van der Waals surface area (Å²) in [4.78, 5) is 13.0. The number of hydrogen-bond donors (Lipinski definition) is 1. The van der Waals surface area contributed by atoms with E-state index in [0.29, 0.717) is 24.0 Å². The zero-order valence-corrected chi connectivity index (χ0v) is 22.0. The van der Waals surface area contributed by atoms with Crippen molar-refractivity contribution in [1.82, 2.24) is 14.9 Å². The van der Waals surface area contributed by atoms with Crippen molar-refractivity contribution in [3.05, 3.63) is 64.9 Å². The Bertz CT molecular complexity index is 1280. The number of halogens is 2. The summed E-state index contributed by atoms with van der Waals surface area (Å²) in [5, 5.41) is 0.687. The number of rotatable bonds is 7. The van der Waals surface area contributed by atoms with E-state index in [1.54, 1.807) is 0 Å². The molecule has 0 bridgehead atoms. The van der Waals surface area contributed by atoms with Crippen LogP contribution in [0.1, 0.15) is 25.2 Å². The third-order valence-electron chi connectivity index (χ3n) is 6.19. The topological polar surface area (TPSA) is 57.5 Å². The van der Waals surface area contributed by atoms with Crippen molar-refractivity contribution in [2.45, 2.75) is 20.3 Å². The van der Waals surface area contributed by atoms with Crippen LogP contribution in [-0.2, 0) is 6.42 Å². The number of nitrogens with zero attached hydrogens (tertiary/aromatic N) is 3. The number of anilines is 1. The maximum atomic E-state index is 6.26. The Hall–Kier alpha value is -2.67. The van der Waals surface area contributed by atoms with Gasteiger partial charge in [0.2, 0.25) is 0 Å². The van der Waals surface area contributed by atoms with Gasteiger partial charge >= 0.3 is 0 Å². The Morgan fingerprint density at radius 2 is 1.86 bits per heavy atom. The number of H-pyrrole nitrogens is 1. The van der Waals surface area contributed by atoms with E-state index in [1.165, 1.54) is 5.69 Å². The quantitative estimate of drug-likeness (QED) is 0.314. The standard InChI is InChI=1S/C27H31ClN4O2.ClH/c1-18(2)17-33-25-8-4-20(28)14-19(25)15-22-6-9-26(34-22)27-29-23-7-5-21(16-24(23)30-27)32-12-10-31(3)11-13-32;/h4-9,14,16,18H,10-13,15,17H2,1-3H3,(H,29,30);1H. The first-order valence-electron chi connectivity index (χ1n) is 11.9. The van der Waals surface area contributed by atoms with Crippen LogP contribution in [0.3, 0.4) is 0 Å². The molecule has 1 N–H and O–H groups in total. The minimum absolute atomic E-state index is 0. The van der Waals surface area contributed by atoms with Crippen molar-refractivity contribution in [2.75, 3.05) is 44.7 Å². The molecule has 8 heteroatoms. The number of aromatic nitrogens is 2. The molecule has 4 aromatic rings. The number of furan rings is 1. The molecule has 2 aromatic heterocycles. The number of fused-ring (bicyclic) bond motifs is 1. The van der Waals surface area contributed by atoms with Gasteiger partial charge in [-0.3, -0.25) is 0 Å². The Labute approximate surface area is 217 Å². The summed E-state index contributed by atoms with van der Waals surface area (Å²) in [7, 11) is 2.17. The molecule has 1 saturated heterocycles. The molecule has 1 aliphatic rings. The van der Waals surface area contributed by atoms with E-state index in [-0.39, 0.29) is 12.4 Å². The summed E-state index contributed by atoms with van der Waals surface area (Å²) in [5.41, 5.74) is 4.19. The molecule has 0 saturated carbocycles. The van der Waals surface area contributed by atoms with Gasteiger partial charge in [0.15, 0.2) is 11.6 Å². The average molecular weight is 515 g/mol. The fourth-order valence-corrected chi connectivity index (χ4v) is 4.44. The zero-order chi connectivity index (χ0) is 23.7. The zero-order valence-electron chi connectivity index (χ0n) is 20.4. The number of aromatic amines is 1. The highest BCUT2D eigenvalue weighted by Gasteiger charge is 2.17. The van der Waals surface area contributed by atoms with E-state index in [2.05, 4.69) is 53.9 Å². The van der Waals surface area contributed by atoms with Crippen molar-refractivity contribution >= 4 is 40.7 Å². The number of benzene rings is 2. The first-order valence-corrected chi connectivity index (χ1v) is 12.3. The van der Waals surface area contributed by atoms with E-state index in [4.69, 9.17) is 25.7 Å². The smallest absolute Gasteiger partial charge is 0.174 e. The van der Waals surface area contributed by atoms with Gasteiger partial charge in [-0.1, -0.05) is 25.4 Å². The largest absolute Gasteiger partial charge is 0.493 e. The second-order valence-electron chi connectivity index (χ2n) is 9.48. The van der Waals surface area contributed by atoms with Gasteiger partial charge in [-0.05, 0) is 61.5 Å². The summed E-state index contributed by atoms with van der Waals surface area (Å²) in [6.45, 7) is 9.17. The average Bonchev–Trinajstić information content (AvgIpc) is 3.45. The number of nitrogens with one attached hydrogen (secondary N) is 1. The van der Waals surface area contributed by atoms with Crippen molar-refractivity contribution < 1.29 is 9.15 Å². The molecule has 0 unspecified atom stereocenters. The Morgan fingerprint density at radius 3 is 2.63 bits per heavy atom. The van der Waals surface area contributed by atoms with Crippen LogP contribution in [-0.4, -0.2) is 54.7 Å². The number of ether oxygens (including phenoxy) is 1. The van der Waals surface area contributed by atoms with Crippen molar-refractivity contribution in [3.63, 3.8) is 0 Å². The molecule has 1 fully saturated rings. The lowest BCUT2D eigenvalue weighted by atomic mass is 10.1. The molecule has 2 aromatic carbocycles. The molecule has 6 nitrogen and oxygen atoms in total. The summed E-state index contributed by atoms with van der Waals surface area (Å²) in [5.74, 6) is 3.59. The third-order valence-corrected chi connectivity index (χ3v) is 6.42. The fourth-order valence-electron chi connectivity index (χ4n) is 4.25. The Morgan fingerprint density at radius 1 is 1.06 bits per heavy atom. The van der Waals surface area contributed by atoms with Crippen LogP contribution in [0.2, 0.25) is 5.02 Å². The highest BCUT2D eigenvalue weighted by Crippen LogP contribution is 2.30. The molecule has 0 amide bonds. The highest BCUT2D eigenvalue weighted by atomic mass is 35.5. The molecule has 0 radical (unpaired) electrons. The summed E-state index contributed by atoms with van der Waals surface area (Å²) in [6, 6.07) is 16.1. The van der Waals surface area contributed by atoms with Crippen LogP contribution in [0.15, 0.2) is 52.9 Å². The minimum Gasteiger partial charge on any atom is -0.493 e. The number of hydrogen-bond acceptors (Lipinski definition) is 5. The molecule has 0 atom stereocenters. The van der Waals surface area contributed by atoms with Gasteiger partial charge in [0.1, 0.15) is 11.5 Å². The van der Waals surface area contributed by atoms with Crippen LogP contribution < -0.4 is 9.64 Å². The normalized spacial score (nSPS) is 14.5. The fraction of sp³-hybridized carbons (Fsp3) is 0.370. The molecule has 186 valence electrons. The van der Waals surface area contributed by atoms with Crippen LogP contribution in [0.25, 0.3) is 22.6 Å². The lowest BCUT2D eigenvalue weighted by molar-refractivity contribution is 0.268. The molecule has 1 aliphatic heterocycles. The van der Waals surface area contributed by atoms with E-state index >= 15 is 0 Å². The number of piperazine rings is 1. The van der Waals surface area contributed by atoms with Gasteiger partial charge in [0, 0.05) is 48.9 Å². The maximum Gasteiger partial charge on any atom is 0.174 e. The molecular formula is C27H32Cl2N4O2. The van der Waals surface area contributed by atoms with Gasteiger partial charge < -0.3 is 23.9 Å². The van der Waals surface area contributed by atoms with Crippen LogP contribution in [0, 0.1) is 5.92 Å². The second kappa shape index (κ2) is 10.9. The van der Waals surface area contributed by atoms with E-state index in [0.717, 1.165) is 65.9 Å². The van der Waals surface area contributed by atoms with Crippen LogP contribution in [0.4, 0.5) is 5.69 Å². The van der Waals surface area contributed by atoms with Crippen LogP contribution >= 0.6 is 24.0 Å². The van der Waals surface area contributed by atoms with Crippen LogP contribution in [0.5, 0.6) is 5.75 Å². The first kappa shape index (κ1) is 25.4. The van der Waals surface area contributed by atoms with Gasteiger partial charge in [-0.15, -0.1) is 12.4 Å². The van der Waals surface area contributed by atoms with Crippen molar-refractivity contribution in [2.24, 2.45) is 5.92 Å². The lowest BCUT2D eigenvalue weighted by Crippen LogP contribution is -2.44. The van der Waals surface area contributed by atoms with E-state index in [1.807, 2.05) is 30.3 Å².